The maximum absolute atomic E-state index is 13.6. The molecule has 3 nitrogen and oxygen atoms in total. The van der Waals surface area contributed by atoms with Gasteiger partial charge in [-0.25, -0.2) is 4.39 Å². The summed E-state index contributed by atoms with van der Waals surface area (Å²) in [6, 6.07) is 6.51. The standard InChI is InChI=1S/C14H19FN2O/c1-10(17)12-5-4-11(8-13(12)15)18-7-6-14(2,3)9-16/h4-5,8,10H,6-7,17H2,1-3H3. The Balaban J connectivity index is 2.60. The zero-order chi connectivity index (χ0) is 13.8. The van der Waals surface area contributed by atoms with Crippen molar-refractivity contribution >= 4 is 0 Å². The van der Waals surface area contributed by atoms with Gasteiger partial charge in [0.2, 0.25) is 0 Å². The lowest BCUT2D eigenvalue weighted by Crippen LogP contribution is -2.13. The van der Waals surface area contributed by atoms with E-state index in [4.69, 9.17) is 15.7 Å². The van der Waals surface area contributed by atoms with Gasteiger partial charge in [-0.3, -0.25) is 0 Å². The summed E-state index contributed by atoms with van der Waals surface area (Å²) >= 11 is 0. The minimum Gasteiger partial charge on any atom is -0.493 e. The average molecular weight is 250 g/mol. The van der Waals surface area contributed by atoms with Crippen LogP contribution in [0.1, 0.15) is 38.8 Å². The summed E-state index contributed by atoms with van der Waals surface area (Å²) in [5.41, 5.74) is 5.67. The Labute approximate surface area is 107 Å². The lowest BCUT2D eigenvalue weighted by atomic mass is 9.92. The molecule has 0 amide bonds. The summed E-state index contributed by atoms with van der Waals surface area (Å²) < 4.78 is 19.0. The molecule has 0 saturated heterocycles. The van der Waals surface area contributed by atoms with Gasteiger partial charge in [-0.15, -0.1) is 0 Å². The molecule has 2 N–H and O–H groups in total. The van der Waals surface area contributed by atoms with Crippen LogP contribution in [0.3, 0.4) is 0 Å². The highest BCUT2D eigenvalue weighted by Crippen LogP contribution is 2.22. The van der Waals surface area contributed by atoms with E-state index in [-0.39, 0.29) is 11.9 Å². The maximum atomic E-state index is 13.6. The molecular formula is C14H19FN2O. The fourth-order valence-electron chi connectivity index (χ4n) is 1.45. The first-order valence-corrected chi connectivity index (χ1v) is 5.95. The van der Waals surface area contributed by atoms with Crippen molar-refractivity contribution in [2.45, 2.75) is 33.2 Å². The van der Waals surface area contributed by atoms with Crippen LogP contribution in [0.25, 0.3) is 0 Å². The van der Waals surface area contributed by atoms with Gasteiger partial charge in [0, 0.05) is 17.7 Å². The van der Waals surface area contributed by atoms with Crippen LogP contribution in [0.5, 0.6) is 5.75 Å². The Bertz CT molecular complexity index is 450. The Morgan fingerprint density at radius 3 is 2.67 bits per heavy atom. The number of hydrogen-bond donors (Lipinski definition) is 1. The second kappa shape index (κ2) is 5.83. The van der Waals surface area contributed by atoms with E-state index in [1.54, 1.807) is 19.1 Å². The van der Waals surface area contributed by atoms with Crippen molar-refractivity contribution in [1.82, 2.24) is 0 Å². The van der Waals surface area contributed by atoms with Crippen molar-refractivity contribution < 1.29 is 9.13 Å². The van der Waals surface area contributed by atoms with Gasteiger partial charge in [-0.1, -0.05) is 6.07 Å². The minimum absolute atomic E-state index is 0.337. The summed E-state index contributed by atoms with van der Waals surface area (Å²) in [5, 5.41) is 8.85. The van der Waals surface area contributed by atoms with E-state index in [1.807, 2.05) is 13.8 Å². The van der Waals surface area contributed by atoms with Crippen molar-refractivity contribution in [3.8, 4) is 11.8 Å². The number of hydrogen-bond acceptors (Lipinski definition) is 3. The van der Waals surface area contributed by atoms with Crippen molar-refractivity contribution in [3.05, 3.63) is 29.6 Å². The quantitative estimate of drug-likeness (QED) is 0.873. The first kappa shape index (κ1) is 14.5. The first-order chi connectivity index (χ1) is 8.35. The molecule has 1 aromatic carbocycles. The zero-order valence-electron chi connectivity index (χ0n) is 11.0. The van der Waals surface area contributed by atoms with E-state index in [2.05, 4.69) is 6.07 Å². The molecule has 0 aliphatic rings. The number of nitrogens with two attached hydrogens (primary N) is 1. The van der Waals surface area contributed by atoms with E-state index < -0.39 is 5.41 Å². The molecule has 0 spiro atoms. The van der Waals surface area contributed by atoms with Crippen LogP contribution in [-0.4, -0.2) is 6.61 Å². The predicted molar refractivity (Wildman–Crippen MR) is 68.5 cm³/mol. The number of halogens is 1. The summed E-state index contributed by atoms with van der Waals surface area (Å²) in [5.74, 6) is 0.104. The van der Waals surface area contributed by atoms with Crippen LogP contribution >= 0.6 is 0 Å². The normalized spacial score (nSPS) is 12.9. The fourth-order valence-corrected chi connectivity index (χ4v) is 1.45. The fraction of sp³-hybridized carbons (Fsp3) is 0.500. The van der Waals surface area contributed by atoms with E-state index in [0.29, 0.717) is 24.3 Å². The highest BCUT2D eigenvalue weighted by atomic mass is 19.1. The molecule has 0 saturated carbocycles. The summed E-state index contributed by atoms with van der Waals surface area (Å²) in [6.45, 7) is 5.80. The monoisotopic (exact) mass is 250 g/mol. The highest BCUT2D eigenvalue weighted by molar-refractivity contribution is 5.30. The molecule has 18 heavy (non-hydrogen) atoms. The first-order valence-electron chi connectivity index (χ1n) is 5.95. The van der Waals surface area contributed by atoms with Gasteiger partial charge in [0.05, 0.1) is 18.1 Å². The third-order valence-electron chi connectivity index (χ3n) is 2.76. The van der Waals surface area contributed by atoms with Crippen LogP contribution in [-0.2, 0) is 0 Å². The van der Waals surface area contributed by atoms with E-state index in [0.717, 1.165) is 0 Å². The Morgan fingerprint density at radius 1 is 1.50 bits per heavy atom. The minimum atomic E-state index is -0.426. The number of nitrogens with zero attached hydrogens (tertiary/aromatic N) is 1. The molecule has 1 unspecified atom stereocenters. The smallest absolute Gasteiger partial charge is 0.131 e. The molecule has 0 fully saturated rings. The molecule has 0 heterocycles. The number of rotatable bonds is 5. The predicted octanol–water partition coefficient (Wildman–Crippen LogP) is 3.16. The molecule has 0 radical (unpaired) electrons. The Hall–Kier alpha value is -1.60. The molecule has 1 rings (SSSR count). The van der Waals surface area contributed by atoms with Crippen LogP contribution < -0.4 is 10.5 Å². The van der Waals surface area contributed by atoms with Crippen molar-refractivity contribution in [2.75, 3.05) is 6.61 Å². The number of ether oxygens (including phenoxy) is 1. The average Bonchev–Trinajstić information content (AvgIpc) is 2.28. The lowest BCUT2D eigenvalue weighted by molar-refractivity contribution is 0.263. The Kier molecular flexibility index (Phi) is 4.69. The van der Waals surface area contributed by atoms with Crippen molar-refractivity contribution in [2.24, 2.45) is 11.1 Å². The highest BCUT2D eigenvalue weighted by Gasteiger charge is 2.16. The summed E-state index contributed by atoms with van der Waals surface area (Å²) in [4.78, 5) is 0. The summed E-state index contributed by atoms with van der Waals surface area (Å²) in [6.07, 6.45) is 0.597. The van der Waals surface area contributed by atoms with Gasteiger partial charge in [-0.2, -0.15) is 5.26 Å². The zero-order valence-corrected chi connectivity index (χ0v) is 11.0. The molecule has 1 aromatic rings. The SMILES string of the molecule is CC(N)c1ccc(OCCC(C)(C)C#N)cc1F. The second-order valence-corrected chi connectivity index (χ2v) is 5.07. The number of nitriles is 1. The van der Waals surface area contributed by atoms with Crippen LogP contribution in [0.2, 0.25) is 0 Å². The molecule has 1 atom stereocenters. The van der Waals surface area contributed by atoms with E-state index >= 15 is 0 Å². The second-order valence-electron chi connectivity index (χ2n) is 5.07. The van der Waals surface area contributed by atoms with Gasteiger partial charge in [-0.05, 0) is 33.3 Å². The van der Waals surface area contributed by atoms with Crippen LogP contribution in [0.4, 0.5) is 4.39 Å². The molecule has 4 heteroatoms. The topological polar surface area (TPSA) is 59.0 Å². The third-order valence-corrected chi connectivity index (χ3v) is 2.76. The van der Waals surface area contributed by atoms with Gasteiger partial charge >= 0.3 is 0 Å². The third kappa shape index (κ3) is 4.01. The summed E-state index contributed by atoms with van der Waals surface area (Å²) in [7, 11) is 0. The molecular weight excluding hydrogens is 231 g/mol. The number of benzene rings is 1. The largest absolute Gasteiger partial charge is 0.493 e. The Morgan fingerprint density at radius 2 is 2.17 bits per heavy atom. The van der Waals surface area contributed by atoms with Gasteiger partial charge < -0.3 is 10.5 Å². The van der Waals surface area contributed by atoms with E-state index in [1.165, 1.54) is 6.07 Å². The van der Waals surface area contributed by atoms with E-state index in [9.17, 15) is 4.39 Å². The molecule has 0 aliphatic heterocycles. The van der Waals surface area contributed by atoms with Gasteiger partial charge in [0.1, 0.15) is 11.6 Å². The van der Waals surface area contributed by atoms with Crippen molar-refractivity contribution in [3.63, 3.8) is 0 Å². The van der Waals surface area contributed by atoms with Crippen LogP contribution in [0, 0.1) is 22.6 Å². The lowest BCUT2D eigenvalue weighted by Gasteiger charge is -2.15. The van der Waals surface area contributed by atoms with Crippen molar-refractivity contribution in [1.29, 1.82) is 5.26 Å². The van der Waals surface area contributed by atoms with Crippen LogP contribution in [0.15, 0.2) is 18.2 Å². The molecule has 0 aromatic heterocycles. The maximum Gasteiger partial charge on any atom is 0.131 e. The van der Waals surface area contributed by atoms with Gasteiger partial charge in [0.25, 0.3) is 0 Å². The molecule has 98 valence electrons. The molecule has 0 aliphatic carbocycles. The molecule has 0 bridgehead atoms. The van der Waals surface area contributed by atoms with Gasteiger partial charge in [0.15, 0.2) is 0 Å².